The summed E-state index contributed by atoms with van der Waals surface area (Å²) in [4.78, 5) is 12.1. The lowest BCUT2D eigenvalue weighted by Gasteiger charge is -2.18. The number of anilines is 1. The molecule has 2 aromatic carbocycles. The monoisotopic (exact) mass is 338 g/mol. The molecule has 0 saturated carbocycles. The highest BCUT2D eigenvalue weighted by Gasteiger charge is 2.35. The lowest BCUT2D eigenvalue weighted by molar-refractivity contribution is -0.137. The van der Waals surface area contributed by atoms with Crippen molar-refractivity contribution >= 4 is 11.6 Å². The Morgan fingerprint density at radius 2 is 1.83 bits per heavy atom. The molecule has 4 nitrogen and oxygen atoms in total. The van der Waals surface area contributed by atoms with E-state index in [1.165, 1.54) is 0 Å². The van der Waals surface area contributed by atoms with E-state index in [0.717, 1.165) is 17.8 Å². The Kier molecular flexibility index (Phi) is 5.33. The van der Waals surface area contributed by atoms with Crippen LogP contribution in [0.15, 0.2) is 48.5 Å². The lowest BCUT2D eigenvalue weighted by Crippen LogP contribution is -2.38. The fraction of sp³-hybridized carbons (Fsp3) is 0.235. The summed E-state index contributed by atoms with van der Waals surface area (Å²) in [7, 11) is 0. The quantitative estimate of drug-likeness (QED) is 0.780. The highest BCUT2D eigenvalue weighted by Crippen LogP contribution is 2.33. The molecular weight excluding hydrogens is 321 g/mol. The van der Waals surface area contributed by atoms with Crippen molar-refractivity contribution in [1.29, 1.82) is 0 Å². The summed E-state index contributed by atoms with van der Waals surface area (Å²) in [6, 6.07) is 11.2. The molecule has 0 aliphatic heterocycles. The number of aromatic hydroxyl groups is 1. The van der Waals surface area contributed by atoms with Crippen molar-refractivity contribution < 1.29 is 23.1 Å². The number of nitrogens with one attached hydrogen (secondary N) is 2. The van der Waals surface area contributed by atoms with Gasteiger partial charge in [-0.25, -0.2) is 0 Å². The maximum atomic E-state index is 13.0. The van der Waals surface area contributed by atoms with Crippen LogP contribution >= 0.6 is 0 Å². The second-order valence-electron chi connectivity index (χ2n) is 5.35. The van der Waals surface area contributed by atoms with Crippen LogP contribution < -0.4 is 10.6 Å². The highest BCUT2D eigenvalue weighted by molar-refractivity contribution is 5.96. The van der Waals surface area contributed by atoms with E-state index < -0.39 is 35.0 Å². The van der Waals surface area contributed by atoms with E-state index in [1.54, 1.807) is 6.92 Å². The number of hydrogen-bond donors (Lipinski definition) is 3. The van der Waals surface area contributed by atoms with E-state index in [-0.39, 0.29) is 0 Å². The number of phenols is 1. The average Bonchev–Trinajstić information content (AvgIpc) is 2.52. The molecule has 1 atom stereocenters. The Labute approximate surface area is 137 Å². The maximum absolute atomic E-state index is 13.0. The zero-order chi connectivity index (χ0) is 17.7. The molecular formula is C17H17F3N2O2. The molecule has 0 aliphatic carbocycles. The molecule has 7 heteroatoms. The van der Waals surface area contributed by atoms with E-state index in [1.807, 2.05) is 30.3 Å². The van der Waals surface area contributed by atoms with Gasteiger partial charge in [0.1, 0.15) is 5.75 Å². The molecule has 2 aromatic rings. The van der Waals surface area contributed by atoms with Gasteiger partial charge in [-0.05, 0) is 37.3 Å². The summed E-state index contributed by atoms with van der Waals surface area (Å²) in [5.41, 5.74) is -0.845. The summed E-state index contributed by atoms with van der Waals surface area (Å²) in [6.45, 7) is 2.01. The number of para-hydroxylation sites is 1. The zero-order valence-corrected chi connectivity index (χ0v) is 12.9. The Balaban J connectivity index is 2.05. The minimum Gasteiger partial charge on any atom is -0.508 e. The molecule has 0 aliphatic rings. The molecule has 0 spiro atoms. The first kappa shape index (κ1) is 17.7. The fourth-order valence-electron chi connectivity index (χ4n) is 2.15. The molecule has 0 unspecified atom stereocenters. The van der Waals surface area contributed by atoms with Gasteiger partial charge in [-0.2, -0.15) is 13.2 Å². The predicted molar refractivity (Wildman–Crippen MR) is 85.0 cm³/mol. The fourth-order valence-corrected chi connectivity index (χ4v) is 2.15. The second kappa shape index (κ2) is 7.25. The van der Waals surface area contributed by atoms with Crippen LogP contribution in [-0.2, 0) is 6.18 Å². The Bertz CT molecular complexity index is 703. The number of carbonyl (C=O) groups is 1. The molecule has 2 rings (SSSR count). The van der Waals surface area contributed by atoms with Gasteiger partial charge in [0, 0.05) is 18.3 Å². The van der Waals surface area contributed by atoms with Gasteiger partial charge in [0.2, 0.25) is 0 Å². The van der Waals surface area contributed by atoms with Crippen LogP contribution in [-0.4, -0.2) is 23.6 Å². The van der Waals surface area contributed by atoms with Crippen LogP contribution in [0.2, 0.25) is 0 Å². The van der Waals surface area contributed by atoms with Gasteiger partial charge >= 0.3 is 6.18 Å². The maximum Gasteiger partial charge on any atom is 0.417 e. The van der Waals surface area contributed by atoms with E-state index in [4.69, 9.17) is 0 Å². The summed E-state index contributed by atoms with van der Waals surface area (Å²) >= 11 is 0. The van der Waals surface area contributed by atoms with E-state index in [0.29, 0.717) is 12.6 Å². The van der Waals surface area contributed by atoms with Crippen LogP contribution in [0.5, 0.6) is 5.75 Å². The number of halogens is 3. The average molecular weight is 338 g/mol. The third-order valence-electron chi connectivity index (χ3n) is 3.32. The zero-order valence-electron chi connectivity index (χ0n) is 12.9. The summed E-state index contributed by atoms with van der Waals surface area (Å²) in [5, 5.41) is 14.9. The van der Waals surface area contributed by atoms with Gasteiger partial charge in [0.05, 0.1) is 11.1 Å². The van der Waals surface area contributed by atoms with Crippen molar-refractivity contribution in [3.63, 3.8) is 0 Å². The largest absolute Gasteiger partial charge is 0.508 e. The molecule has 128 valence electrons. The van der Waals surface area contributed by atoms with E-state index in [2.05, 4.69) is 10.6 Å². The lowest BCUT2D eigenvalue weighted by atomic mass is 10.1. The number of amides is 1. The Morgan fingerprint density at radius 3 is 2.46 bits per heavy atom. The van der Waals surface area contributed by atoms with Crippen molar-refractivity contribution in [2.24, 2.45) is 0 Å². The number of hydrogen-bond acceptors (Lipinski definition) is 3. The Hall–Kier alpha value is -2.70. The number of benzene rings is 2. The van der Waals surface area contributed by atoms with Crippen molar-refractivity contribution in [3.8, 4) is 5.75 Å². The number of carbonyl (C=O) groups excluding carboxylic acids is 1. The van der Waals surface area contributed by atoms with Crippen LogP contribution in [0.3, 0.4) is 0 Å². The molecule has 24 heavy (non-hydrogen) atoms. The molecule has 0 saturated heterocycles. The van der Waals surface area contributed by atoms with Crippen molar-refractivity contribution in [1.82, 2.24) is 5.32 Å². The second-order valence-corrected chi connectivity index (χ2v) is 5.35. The van der Waals surface area contributed by atoms with Crippen LogP contribution in [0.25, 0.3) is 0 Å². The standard InChI is InChI=1S/C17H17F3N2O2/c1-11(10-21-12-5-3-2-4-6-12)22-16(24)14-9-13(23)7-8-15(14)17(18,19)20/h2-9,11,21,23H,10H2,1H3,(H,22,24)/t11-/m1/s1. The molecule has 1 amide bonds. The number of alkyl halides is 3. The first-order chi connectivity index (χ1) is 11.3. The van der Waals surface area contributed by atoms with Gasteiger partial charge in [-0.15, -0.1) is 0 Å². The summed E-state index contributed by atoms with van der Waals surface area (Å²) in [6.07, 6.45) is -4.67. The third-order valence-corrected chi connectivity index (χ3v) is 3.32. The highest BCUT2D eigenvalue weighted by atomic mass is 19.4. The van der Waals surface area contributed by atoms with Crippen molar-refractivity contribution in [2.75, 3.05) is 11.9 Å². The smallest absolute Gasteiger partial charge is 0.417 e. The SMILES string of the molecule is C[C@H](CNc1ccccc1)NC(=O)c1cc(O)ccc1C(F)(F)F. The molecule has 0 bridgehead atoms. The topological polar surface area (TPSA) is 61.4 Å². The minimum atomic E-state index is -4.67. The summed E-state index contributed by atoms with van der Waals surface area (Å²) < 4.78 is 38.9. The molecule has 0 fully saturated rings. The molecule has 0 radical (unpaired) electrons. The molecule has 3 N–H and O–H groups in total. The van der Waals surface area contributed by atoms with Gasteiger partial charge in [-0.3, -0.25) is 4.79 Å². The van der Waals surface area contributed by atoms with Crippen molar-refractivity contribution in [3.05, 3.63) is 59.7 Å². The first-order valence-corrected chi connectivity index (χ1v) is 7.27. The van der Waals surface area contributed by atoms with Gasteiger partial charge in [0.15, 0.2) is 0 Å². The van der Waals surface area contributed by atoms with Crippen LogP contribution in [0, 0.1) is 0 Å². The summed E-state index contributed by atoms with van der Waals surface area (Å²) in [5.74, 6) is -1.29. The predicted octanol–water partition coefficient (Wildman–Crippen LogP) is 3.64. The van der Waals surface area contributed by atoms with Crippen molar-refractivity contribution in [2.45, 2.75) is 19.1 Å². The third kappa shape index (κ3) is 4.65. The Morgan fingerprint density at radius 1 is 1.17 bits per heavy atom. The minimum absolute atomic E-state index is 0.343. The molecule has 0 heterocycles. The van der Waals surface area contributed by atoms with E-state index >= 15 is 0 Å². The first-order valence-electron chi connectivity index (χ1n) is 7.27. The number of rotatable bonds is 5. The van der Waals surface area contributed by atoms with Gasteiger partial charge < -0.3 is 15.7 Å². The normalized spacial score (nSPS) is 12.5. The van der Waals surface area contributed by atoms with Crippen LogP contribution in [0.4, 0.5) is 18.9 Å². The van der Waals surface area contributed by atoms with Gasteiger partial charge in [0.25, 0.3) is 5.91 Å². The van der Waals surface area contributed by atoms with Crippen LogP contribution in [0.1, 0.15) is 22.8 Å². The number of phenolic OH excluding ortho intramolecular Hbond substituents is 1. The van der Waals surface area contributed by atoms with E-state index in [9.17, 15) is 23.1 Å². The molecule has 0 aromatic heterocycles. The van der Waals surface area contributed by atoms with Gasteiger partial charge in [-0.1, -0.05) is 18.2 Å².